The molecule has 2 nitrogen and oxygen atoms in total. The van der Waals surface area contributed by atoms with Gasteiger partial charge in [0.05, 0.1) is 18.5 Å². The molecule has 0 saturated carbocycles. The summed E-state index contributed by atoms with van der Waals surface area (Å²) < 4.78 is 13.9. The van der Waals surface area contributed by atoms with Gasteiger partial charge in [0.1, 0.15) is 11.5 Å². The number of thioether (sulfide) groups is 2. The lowest BCUT2D eigenvalue weighted by molar-refractivity contribution is 0.424. The zero-order valence-electron chi connectivity index (χ0n) is 35.1. The Morgan fingerprint density at radius 3 is 1.23 bits per heavy atom. The van der Waals surface area contributed by atoms with Crippen molar-refractivity contribution in [2.24, 2.45) is 0 Å². The molecule has 298 valence electrons. The monoisotopic (exact) mass is 794 g/mol. The standard InChI is InChI=1S/C53H62O2S2/c1-6-7-8-9-10-11-12-13-14-15-16-17-18-19-20-27-40(53-56-37(2)38(3)57-53)39-34-35-44-48(36-39)52(55-5)47-33-26-23-30-43(47)50(44)49-41-28-21-24-31-45(41)51(54-4)46-32-25-22-29-42(46)49/h21-26,28-36H,6-20,27H2,1-5H3. The molecule has 0 aliphatic carbocycles. The lowest BCUT2D eigenvalue weighted by atomic mass is 9.84. The highest BCUT2D eigenvalue weighted by Gasteiger charge is 2.24. The minimum atomic E-state index is 0.926. The van der Waals surface area contributed by atoms with Crippen LogP contribution in [-0.2, 0) is 0 Å². The van der Waals surface area contributed by atoms with E-state index in [9.17, 15) is 0 Å². The summed E-state index contributed by atoms with van der Waals surface area (Å²) in [6.07, 6.45) is 21.9. The van der Waals surface area contributed by atoms with E-state index in [1.807, 2.05) is 30.6 Å². The van der Waals surface area contributed by atoms with Crippen LogP contribution >= 0.6 is 23.5 Å². The highest BCUT2D eigenvalue weighted by atomic mass is 32.2. The highest BCUT2D eigenvalue weighted by Crippen LogP contribution is 2.54. The number of ether oxygens (including phenoxy) is 2. The van der Waals surface area contributed by atoms with Gasteiger partial charge in [-0.25, -0.2) is 0 Å². The van der Waals surface area contributed by atoms with Crippen LogP contribution in [-0.4, -0.2) is 14.2 Å². The highest BCUT2D eigenvalue weighted by molar-refractivity contribution is 8.28. The number of benzene rings is 6. The van der Waals surface area contributed by atoms with Gasteiger partial charge >= 0.3 is 0 Å². The van der Waals surface area contributed by atoms with Crippen molar-refractivity contribution < 1.29 is 9.47 Å². The average molecular weight is 795 g/mol. The number of allylic oxidation sites excluding steroid dienone is 3. The zero-order valence-corrected chi connectivity index (χ0v) is 36.7. The minimum absolute atomic E-state index is 0.926. The SMILES string of the molecule is CCCCCCCCCCCCCCCCCC(=C1SC(C)=C(C)S1)c1ccc2c(-c3c4ccccc4c(OC)c4ccccc34)c3ccccc3c(OC)c2c1. The third-order valence-electron chi connectivity index (χ3n) is 12.1. The second kappa shape index (κ2) is 20.2. The molecule has 0 spiro atoms. The smallest absolute Gasteiger partial charge is 0.134 e. The number of fused-ring (bicyclic) bond motifs is 4. The van der Waals surface area contributed by atoms with Crippen LogP contribution in [0, 0.1) is 0 Å². The third-order valence-corrected chi connectivity index (χ3v) is 14.8. The molecule has 1 heterocycles. The Kier molecular flexibility index (Phi) is 14.6. The van der Waals surface area contributed by atoms with Gasteiger partial charge in [-0.05, 0) is 86.4 Å². The number of unbranched alkanes of at least 4 members (excludes halogenated alkanes) is 14. The maximum absolute atomic E-state index is 6.37. The van der Waals surface area contributed by atoms with Crippen LogP contribution in [0.5, 0.6) is 11.5 Å². The summed E-state index contributed by atoms with van der Waals surface area (Å²) in [6, 6.07) is 33.4. The molecule has 0 unspecified atom stereocenters. The first-order valence-electron chi connectivity index (χ1n) is 21.8. The molecule has 1 aliphatic rings. The Bertz CT molecular complexity index is 2310. The van der Waals surface area contributed by atoms with E-state index in [-0.39, 0.29) is 0 Å². The number of rotatable bonds is 20. The summed E-state index contributed by atoms with van der Waals surface area (Å²) in [6.45, 7) is 6.85. The summed E-state index contributed by atoms with van der Waals surface area (Å²) in [5.74, 6) is 1.87. The summed E-state index contributed by atoms with van der Waals surface area (Å²) in [5, 5.41) is 9.35. The van der Waals surface area contributed by atoms with Gasteiger partial charge in [0.15, 0.2) is 0 Å². The van der Waals surface area contributed by atoms with E-state index in [2.05, 4.69) is 112 Å². The molecule has 6 aromatic carbocycles. The van der Waals surface area contributed by atoms with Crippen molar-refractivity contribution in [1.82, 2.24) is 0 Å². The predicted octanol–water partition coefficient (Wildman–Crippen LogP) is 17.6. The number of methoxy groups -OCH3 is 2. The third kappa shape index (κ3) is 9.23. The summed E-state index contributed by atoms with van der Waals surface area (Å²) in [5.41, 5.74) is 5.29. The lowest BCUT2D eigenvalue weighted by Gasteiger charge is -2.21. The van der Waals surface area contributed by atoms with Gasteiger partial charge in [-0.1, -0.05) is 205 Å². The van der Waals surface area contributed by atoms with Crippen LogP contribution in [0.15, 0.2) is 105 Å². The molecule has 57 heavy (non-hydrogen) atoms. The molecule has 0 saturated heterocycles. The molecule has 7 rings (SSSR count). The van der Waals surface area contributed by atoms with Gasteiger partial charge in [0.25, 0.3) is 0 Å². The van der Waals surface area contributed by atoms with Crippen molar-refractivity contribution in [2.45, 2.75) is 124 Å². The van der Waals surface area contributed by atoms with E-state index in [1.165, 1.54) is 154 Å². The van der Waals surface area contributed by atoms with Gasteiger partial charge < -0.3 is 9.47 Å². The molecule has 0 radical (unpaired) electrons. The van der Waals surface area contributed by atoms with E-state index >= 15 is 0 Å². The quantitative estimate of drug-likeness (QED) is 0.0566. The Labute approximate surface area is 350 Å². The molecular weight excluding hydrogens is 733 g/mol. The molecule has 0 atom stereocenters. The number of hydrogen-bond donors (Lipinski definition) is 0. The Morgan fingerprint density at radius 2 is 0.807 bits per heavy atom. The first-order valence-corrected chi connectivity index (χ1v) is 23.5. The van der Waals surface area contributed by atoms with E-state index in [0.29, 0.717) is 0 Å². The van der Waals surface area contributed by atoms with Gasteiger partial charge in [0.2, 0.25) is 0 Å². The van der Waals surface area contributed by atoms with E-state index in [0.717, 1.165) is 39.5 Å². The van der Waals surface area contributed by atoms with Crippen molar-refractivity contribution in [2.75, 3.05) is 14.2 Å². The fourth-order valence-electron chi connectivity index (χ4n) is 9.00. The molecule has 0 aromatic heterocycles. The topological polar surface area (TPSA) is 18.5 Å². The number of hydrogen-bond acceptors (Lipinski definition) is 4. The van der Waals surface area contributed by atoms with Crippen molar-refractivity contribution in [3.8, 4) is 22.6 Å². The van der Waals surface area contributed by atoms with Crippen LogP contribution in [0.2, 0.25) is 0 Å². The second-order valence-electron chi connectivity index (χ2n) is 16.0. The van der Waals surface area contributed by atoms with Crippen molar-refractivity contribution >= 4 is 72.2 Å². The Hall–Kier alpha value is -3.86. The van der Waals surface area contributed by atoms with Crippen LogP contribution in [0.4, 0.5) is 0 Å². The molecular formula is C53H62O2S2. The molecule has 6 aromatic rings. The van der Waals surface area contributed by atoms with Gasteiger partial charge in [-0.3, -0.25) is 0 Å². The average Bonchev–Trinajstić information content (AvgIpc) is 3.58. The van der Waals surface area contributed by atoms with Crippen molar-refractivity contribution in [3.63, 3.8) is 0 Å². The van der Waals surface area contributed by atoms with E-state index in [1.54, 1.807) is 7.11 Å². The first kappa shape index (κ1) is 41.3. The Balaban J connectivity index is 1.18. The van der Waals surface area contributed by atoms with Crippen LogP contribution in [0.3, 0.4) is 0 Å². The zero-order chi connectivity index (χ0) is 39.6. The fourth-order valence-corrected chi connectivity index (χ4v) is 11.7. The molecule has 4 heteroatoms. The maximum atomic E-state index is 6.37. The lowest BCUT2D eigenvalue weighted by Crippen LogP contribution is -1.96. The normalized spacial score (nSPS) is 13.2. The van der Waals surface area contributed by atoms with E-state index < -0.39 is 0 Å². The van der Waals surface area contributed by atoms with Crippen LogP contribution in [0.25, 0.3) is 59.8 Å². The van der Waals surface area contributed by atoms with Crippen LogP contribution < -0.4 is 9.47 Å². The van der Waals surface area contributed by atoms with Gasteiger partial charge in [0, 0.05) is 21.5 Å². The first-order chi connectivity index (χ1) is 28.0. The second-order valence-corrected chi connectivity index (χ2v) is 18.7. The Morgan fingerprint density at radius 1 is 0.439 bits per heavy atom. The van der Waals surface area contributed by atoms with Crippen molar-refractivity contribution in [1.29, 1.82) is 0 Å². The van der Waals surface area contributed by atoms with E-state index in [4.69, 9.17) is 9.47 Å². The predicted molar refractivity (Wildman–Crippen MR) is 255 cm³/mol. The van der Waals surface area contributed by atoms with Crippen molar-refractivity contribution in [3.05, 3.63) is 111 Å². The summed E-state index contributed by atoms with van der Waals surface area (Å²) in [7, 11) is 3.62. The van der Waals surface area contributed by atoms with Crippen LogP contribution in [0.1, 0.15) is 129 Å². The van der Waals surface area contributed by atoms with Gasteiger partial charge in [-0.15, -0.1) is 0 Å². The van der Waals surface area contributed by atoms with Gasteiger partial charge in [-0.2, -0.15) is 0 Å². The molecule has 0 amide bonds. The maximum Gasteiger partial charge on any atom is 0.134 e. The minimum Gasteiger partial charge on any atom is -0.495 e. The molecule has 0 fully saturated rings. The fraction of sp³-hybridized carbons (Fsp3) is 0.396. The molecule has 0 N–H and O–H groups in total. The molecule has 1 aliphatic heterocycles. The largest absolute Gasteiger partial charge is 0.495 e. The molecule has 0 bridgehead atoms. The summed E-state index contributed by atoms with van der Waals surface area (Å²) >= 11 is 3.93. The summed E-state index contributed by atoms with van der Waals surface area (Å²) in [4.78, 5) is 2.85.